The number of nitrogens with zero attached hydrogens (tertiary/aromatic N) is 1. The van der Waals surface area contributed by atoms with Gasteiger partial charge in [-0.1, -0.05) is 18.2 Å². The second-order valence-corrected chi connectivity index (χ2v) is 4.11. The molecule has 3 rings (SSSR count). The minimum absolute atomic E-state index is 0.292. The molecule has 0 aliphatic carbocycles. The highest BCUT2D eigenvalue weighted by Crippen LogP contribution is 2.31. The van der Waals surface area contributed by atoms with Crippen LogP contribution in [0.15, 0.2) is 54.7 Å². The molecule has 0 atom stereocenters. The highest BCUT2D eigenvalue weighted by molar-refractivity contribution is 5.97. The fourth-order valence-corrected chi connectivity index (χ4v) is 2.10. The smallest absolute Gasteiger partial charge is 0.123 e. The second kappa shape index (κ2) is 4.11. The molecule has 18 heavy (non-hydrogen) atoms. The van der Waals surface area contributed by atoms with Crippen molar-refractivity contribution in [2.75, 3.05) is 5.73 Å². The number of hydrogen-bond donors (Lipinski definition) is 1. The van der Waals surface area contributed by atoms with E-state index in [0.717, 1.165) is 16.5 Å². The average molecular weight is 238 g/mol. The summed E-state index contributed by atoms with van der Waals surface area (Å²) in [5.74, 6) is -0.292. The lowest BCUT2D eigenvalue weighted by molar-refractivity contribution is 0.628. The summed E-state index contributed by atoms with van der Waals surface area (Å²) in [5.41, 5.74) is 8.96. The zero-order valence-corrected chi connectivity index (χ0v) is 9.60. The number of halogens is 1. The third-order valence-corrected chi connectivity index (χ3v) is 2.95. The molecule has 3 heteroatoms. The van der Waals surface area contributed by atoms with Gasteiger partial charge in [0.05, 0.1) is 5.52 Å². The third-order valence-electron chi connectivity index (χ3n) is 2.95. The molecular weight excluding hydrogens is 227 g/mol. The van der Waals surface area contributed by atoms with Crippen molar-refractivity contribution >= 4 is 16.6 Å². The van der Waals surface area contributed by atoms with Crippen LogP contribution in [0.4, 0.5) is 10.1 Å². The minimum atomic E-state index is -0.292. The number of aromatic nitrogens is 1. The summed E-state index contributed by atoms with van der Waals surface area (Å²) in [6.45, 7) is 0. The number of rotatable bonds is 1. The molecule has 0 fully saturated rings. The van der Waals surface area contributed by atoms with Crippen LogP contribution in [0.1, 0.15) is 0 Å². The van der Waals surface area contributed by atoms with E-state index in [1.807, 2.05) is 30.3 Å². The summed E-state index contributed by atoms with van der Waals surface area (Å²) in [6.07, 6.45) is 1.74. The first kappa shape index (κ1) is 10.7. The van der Waals surface area contributed by atoms with Gasteiger partial charge in [-0.05, 0) is 35.9 Å². The Balaban J connectivity index is 2.35. The van der Waals surface area contributed by atoms with E-state index in [9.17, 15) is 4.39 Å². The molecule has 0 unspecified atom stereocenters. The molecule has 0 radical (unpaired) electrons. The standard InChI is InChI=1S/C15H11FN2/c16-10-6-7-14(17)13(9-10)11-3-1-5-15-12(11)4-2-8-18-15/h1-9H,17H2. The quantitative estimate of drug-likeness (QED) is 0.657. The van der Waals surface area contributed by atoms with E-state index in [0.29, 0.717) is 11.3 Å². The van der Waals surface area contributed by atoms with Gasteiger partial charge in [0, 0.05) is 22.8 Å². The monoisotopic (exact) mass is 238 g/mol. The normalized spacial score (nSPS) is 10.7. The number of benzene rings is 2. The van der Waals surface area contributed by atoms with E-state index in [1.165, 1.54) is 12.1 Å². The predicted octanol–water partition coefficient (Wildman–Crippen LogP) is 3.62. The zero-order chi connectivity index (χ0) is 12.5. The molecule has 3 aromatic rings. The Morgan fingerprint density at radius 1 is 0.944 bits per heavy atom. The molecule has 0 bridgehead atoms. The molecular formula is C15H11FN2. The lowest BCUT2D eigenvalue weighted by Crippen LogP contribution is -1.92. The van der Waals surface area contributed by atoms with Crippen LogP contribution in [0.2, 0.25) is 0 Å². The van der Waals surface area contributed by atoms with Crippen LogP contribution in [-0.2, 0) is 0 Å². The molecule has 2 N–H and O–H groups in total. The Bertz CT molecular complexity index is 717. The van der Waals surface area contributed by atoms with E-state index in [4.69, 9.17) is 5.73 Å². The van der Waals surface area contributed by atoms with E-state index >= 15 is 0 Å². The Morgan fingerprint density at radius 2 is 1.83 bits per heavy atom. The van der Waals surface area contributed by atoms with E-state index in [1.54, 1.807) is 12.3 Å². The minimum Gasteiger partial charge on any atom is -0.398 e. The molecule has 88 valence electrons. The van der Waals surface area contributed by atoms with Crippen molar-refractivity contribution < 1.29 is 4.39 Å². The van der Waals surface area contributed by atoms with Crippen molar-refractivity contribution in [3.63, 3.8) is 0 Å². The van der Waals surface area contributed by atoms with Crippen LogP contribution in [-0.4, -0.2) is 4.98 Å². The van der Waals surface area contributed by atoms with Crippen LogP contribution < -0.4 is 5.73 Å². The van der Waals surface area contributed by atoms with Crippen LogP contribution in [0.3, 0.4) is 0 Å². The van der Waals surface area contributed by atoms with Crippen LogP contribution in [0.25, 0.3) is 22.0 Å². The highest BCUT2D eigenvalue weighted by atomic mass is 19.1. The van der Waals surface area contributed by atoms with E-state index in [2.05, 4.69) is 4.98 Å². The SMILES string of the molecule is Nc1ccc(F)cc1-c1cccc2ncccc12. The fraction of sp³-hybridized carbons (Fsp3) is 0. The summed E-state index contributed by atoms with van der Waals surface area (Å²) in [4.78, 5) is 4.28. The number of anilines is 1. The van der Waals surface area contributed by atoms with Gasteiger partial charge in [0.1, 0.15) is 5.82 Å². The lowest BCUT2D eigenvalue weighted by atomic mass is 9.99. The van der Waals surface area contributed by atoms with Gasteiger partial charge in [0.25, 0.3) is 0 Å². The van der Waals surface area contributed by atoms with Gasteiger partial charge in [-0.2, -0.15) is 0 Å². The van der Waals surface area contributed by atoms with Gasteiger partial charge in [0.2, 0.25) is 0 Å². The van der Waals surface area contributed by atoms with Crippen LogP contribution in [0.5, 0.6) is 0 Å². The van der Waals surface area contributed by atoms with Crippen molar-refractivity contribution in [2.24, 2.45) is 0 Å². The van der Waals surface area contributed by atoms with E-state index < -0.39 is 0 Å². The van der Waals surface area contributed by atoms with Gasteiger partial charge < -0.3 is 5.73 Å². The van der Waals surface area contributed by atoms with Gasteiger partial charge in [-0.15, -0.1) is 0 Å². The molecule has 0 saturated heterocycles. The summed E-state index contributed by atoms with van der Waals surface area (Å²) in [5, 5.41) is 0.970. The Labute approximate surface area is 104 Å². The lowest BCUT2D eigenvalue weighted by Gasteiger charge is -2.09. The van der Waals surface area contributed by atoms with Crippen molar-refractivity contribution in [1.82, 2.24) is 4.98 Å². The Kier molecular flexibility index (Phi) is 2.45. The van der Waals surface area contributed by atoms with E-state index in [-0.39, 0.29) is 5.82 Å². The van der Waals surface area contributed by atoms with Crippen LogP contribution >= 0.6 is 0 Å². The average Bonchev–Trinajstić information content (AvgIpc) is 2.41. The van der Waals surface area contributed by atoms with Crippen LogP contribution in [0, 0.1) is 5.82 Å². The first-order valence-electron chi connectivity index (χ1n) is 5.65. The first-order chi connectivity index (χ1) is 8.75. The van der Waals surface area contributed by atoms with Crippen molar-refractivity contribution in [1.29, 1.82) is 0 Å². The second-order valence-electron chi connectivity index (χ2n) is 4.11. The molecule has 2 nitrogen and oxygen atoms in total. The van der Waals surface area contributed by atoms with Gasteiger partial charge in [-0.25, -0.2) is 4.39 Å². The summed E-state index contributed by atoms with van der Waals surface area (Å²) in [7, 11) is 0. The number of fused-ring (bicyclic) bond motifs is 1. The molecule has 0 aliphatic heterocycles. The molecule has 0 saturated carbocycles. The topological polar surface area (TPSA) is 38.9 Å². The van der Waals surface area contributed by atoms with Gasteiger partial charge >= 0.3 is 0 Å². The fourth-order valence-electron chi connectivity index (χ4n) is 2.10. The summed E-state index contributed by atoms with van der Waals surface area (Å²) < 4.78 is 13.4. The first-order valence-corrected chi connectivity index (χ1v) is 5.65. The molecule has 0 spiro atoms. The van der Waals surface area contributed by atoms with Gasteiger partial charge in [-0.3, -0.25) is 4.98 Å². The summed E-state index contributed by atoms with van der Waals surface area (Å²) >= 11 is 0. The molecule has 2 aromatic carbocycles. The molecule has 1 aromatic heterocycles. The number of hydrogen-bond acceptors (Lipinski definition) is 2. The molecule has 0 aliphatic rings. The Hall–Kier alpha value is -2.42. The maximum atomic E-state index is 13.4. The zero-order valence-electron chi connectivity index (χ0n) is 9.60. The van der Waals surface area contributed by atoms with Crippen molar-refractivity contribution in [3.05, 3.63) is 60.5 Å². The molecule has 1 heterocycles. The Morgan fingerprint density at radius 3 is 2.72 bits per heavy atom. The largest absolute Gasteiger partial charge is 0.398 e. The third kappa shape index (κ3) is 1.70. The number of nitrogen functional groups attached to an aromatic ring is 1. The number of nitrogens with two attached hydrogens (primary N) is 1. The van der Waals surface area contributed by atoms with Crippen molar-refractivity contribution in [2.45, 2.75) is 0 Å². The molecule has 0 amide bonds. The maximum Gasteiger partial charge on any atom is 0.123 e. The number of pyridine rings is 1. The predicted molar refractivity (Wildman–Crippen MR) is 71.5 cm³/mol. The maximum absolute atomic E-state index is 13.4. The van der Waals surface area contributed by atoms with Crippen molar-refractivity contribution in [3.8, 4) is 11.1 Å². The van der Waals surface area contributed by atoms with Gasteiger partial charge in [0.15, 0.2) is 0 Å². The summed E-state index contributed by atoms with van der Waals surface area (Å²) in [6, 6.07) is 14.0. The highest BCUT2D eigenvalue weighted by Gasteiger charge is 2.08.